The van der Waals surface area contributed by atoms with Gasteiger partial charge in [-0.1, -0.05) is 12.1 Å². The molecule has 3 aromatic rings. The second kappa shape index (κ2) is 9.29. The van der Waals surface area contributed by atoms with Gasteiger partial charge >= 0.3 is 5.69 Å². The highest BCUT2D eigenvalue weighted by molar-refractivity contribution is 5.95. The van der Waals surface area contributed by atoms with E-state index in [2.05, 4.69) is 4.98 Å². The number of aromatic nitrogens is 2. The molecule has 0 radical (unpaired) electrons. The van der Waals surface area contributed by atoms with Gasteiger partial charge in [0.2, 0.25) is 5.91 Å². The minimum Gasteiger partial charge on any atom is -0.466 e. The Bertz CT molecular complexity index is 1210. The van der Waals surface area contributed by atoms with Gasteiger partial charge in [0.25, 0.3) is 5.91 Å². The first-order valence-corrected chi connectivity index (χ1v) is 11.6. The van der Waals surface area contributed by atoms with Crippen molar-refractivity contribution in [2.75, 3.05) is 19.6 Å². The Labute approximate surface area is 193 Å². The van der Waals surface area contributed by atoms with Crippen LogP contribution in [0.2, 0.25) is 0 Å². The number of imidazole rings is 1. The number of nitrogens with zero attached hydrogens (tertiary/aromatic N) is 3. The fourth-order valence-corrected chi connectivity index (χ4v) is 4.78. The normalized spacial score (nSPS) is 14.9. The zero-order chi connectivity index (χ0) is 23.7. The van der Waals surface area contributed by atoms with Crippen LogP contribution >= 0.6 is 0 Å². The van der Waals surface area contributed by atoms with Crippen LogP contribution in [0.15, 0.2) is 39.5 Å². The summed E-state index contributed by atoms with van der Waals surface area (Å²) in [4.78, 5) is 44.9. The predicted octanol–water partition coefficient (Wildman–Crippen LogP) is 3.64. The Kier molecular flexibility index (Phi) is 6.44. The van der Waals surface area contributed by atoms with Crippen LogP contribution in [0, 0.1) is 13.8 Å². The van der Waals surface area contributed by atoms with Gasteiger partial charge in [0.05, 0.1) is 16.6 Å². The van der Waals surface area contributed by atoms with Gasteiger partial charge in [-0.05, 0) is 58.7 Å². The Morgan fingerprint density at radius 3 is 2.52 bits per heavy atom. The summed E-state index contributed by atoms with van der Waals surface area (Å²) in [7, 11) is 0. The zero-order valence-corrected chi connectivity index (χ0v) is 19.8. The third kappa shape index (κ3) is 4.60. The van der Waals surface area contributed by atoms with Crippen molar-refractivity contribution in [3.8, 4) is 0 Å². The van der Waals surface area contributed by atoms with Crippen LogP contribution in [0.5, 0.6) is 0 Å². The first-order chi connectivity index (χ1) is 15.8. The van der Waals surface area contributed by atoms with Crippen LogP contribution < -0.4 is 5.69 Å². The van der Waals surface area contributed by atoms with E-state index < -0.39 is 0 Å². The molecular weight excluding hydrogens is 420 g/mol. The maximum Gasteiger partial charge on any atom is 0.326 e. The van der Waals surface area contributed by atoms with Gasteiger partial charge in [-0.15, -0.1) is 0 Å². The number of rotatable bonds is 6. The maximum atomic E-state index is 13.0. The molecule has 1 aliphatic rings. The number of likely N-dealkylation sites (tertiary alicyclic amines) is 1. The Hall–Kier alpha value is -3.29. The molecule has 1 aromatic carbocycles. The summed E-state index contributed by atoms with van der Waals surface area (Å²) in [5.74, 6) is 1.24. The van der Waals surface area contributed by atoms with Crippen LogP contribution in [0.3, 0.4) is 0 Å². The van der Waals surface area contributed by atoms with Gasteiger partial charge in [-0.2, -0.15) is 0 Å². The summed E-state index contributed by atoms with van der Waals surface area (Å²) < 4.78 is 7.34. The number of hydrogen-bond acceptors (Lipinski definition) is 4. The highest BCUT2D eigenvalue weighted by Gasteiger charge is 2.28. The van der Waals surface area contributed by atoms with E-state index >= 15 is 0 Å². The van der Waals surface area contributed by atoms with Gasteiger partial charge in [0, 0.05) is 38.1 Å². The van der Waals surface area contributed by atoms with Crippen LogP contribution in [-0.2, 0) is 4.79 Å². The Balaban J connectivity index is 1.36. The molecule has 0 saturated carbocycles. The summed E-state index contributed by atoms with van der Waals surface area (Å²) in [6.45, 7) is 9.08. The lowest BCUT2D eigenvalue weighted by molar-refractivity contribution is -0.132. The molecule has 8 nitrogen and oxygen atoms in total. The van der Waals surface area contributed by atoms with E-state index in [1.807, 2.05) is 54.5 Å². The van der Waals surface area contributed by atoms with Gasteiger partial charge in [0.15, 0.2) is 0 Å². The number of piperidine rings is 1. The van der Waals surface area contributed by atoms with Crippen molar-refractivity contribution in [1.82, 2.24) is 19.4 Å². The number of furan rings is 1. The second-order valence-corrected chi connectivity index (χ2v) is 9.10. The molecule has 0 aliphatic carbocycles. The lowest BCUT2D eigenvalue weighted by Crippen LogP contribution is -2.43. The summed E-state index contributed by atoms with van der Waals surface area (Å²) in [5.41, 5.74) is 2.20. The third-order valence-electron chi connectivity index (χ3n) is 6.53. The Morgan fingerprint density at radius 1 is 1.18 bits per heavy atom. The number of carbonyl (C=O) groups excluding carboxylic acids is 2. The van der Waals surface area contributed by atoms with Crippen LogP contribution in [0.4, 0.5) is 0 Å². The lowest BCUT2D eigenvalue weighted by Gasteiger charge is -2.33. The van der Waals surface area contributed by atoms with Gasteiger partial charge < -0.3 is 19.2 Å². The highest BCUT2D eigenvalue weighted by Crippen LogP contribution is 2.25. The van der Waals surface area contributed by atoms with Crippen molar-refractivity contribution >= 4 is 22.8 Å². The summed E-state index contributed by atoms with van der Waals surface area (Å²) >= 11 is 0. The van der Waals surface area contributed by atoms with Crippen LogP contribution in [-0.4, -0.2) is 56.8 Å². The average Bonchev–Trinajstić information content (AvgIpc) is 3.30. The van der Waals surface area contributed by atoms with Crippen LogP contribution in [0.25, 0.3) is 11.0 Å². The molecule has 4 rings (SSSR count). The number of aromatic amines is 1. The highest BCUT2D eigenvalue weighted by atomic mass is 16.3. The number of amides is 2. The van der Waals surface area contributed by atoms with Gasteiger partial charge in [-0.3, -0.25) is 14.2 Å². The molecule has 2 aromatic heterocycles. The average molecular weight is 453 g/mol. The first kappa shape index (κ1) is 22.9. The van der Waals surface area contributed by atoms with Crippen molar-refractivity contribution in [3.05, 3.63) is 57.9 Å². The Morgan fingerprint density at radius 2 is 1.88 bits per heavy atom. The molecule has 0 bridgehead atoms. The standard InChI is InChI=1S/C25H32N4O4/c1-16(2)28(24(31)20-15-17(3)33-18(20)4)14-11-23(30)27-12-9-19(10-13-27)29-22-8-6-5-7-21(22)26-25(29)32/h5-8,15-16,19H,9-14H2,1-4H3,(H,26,32). The molecule has 1 saturated heterocycles. The van der Waals surface area contributed by atoms with Crippen molar-refractivity contribution in [1.29, 1.82) is 0 Å². The predicted molar refractivity (Wildman–Crippen MR) is 126 cm³/mol. The fourth-order valence-electron chi connectivity index (χ4n) is 4.78. The van der Waals surface area contributed by atoms with E-state index in [0.29, 0.717) is 36.7 Å². The van der Waals surface area contributed by atoms with Crippen molar-refractivity contribution in [3.63, 3.8) is 0 Å². The SMILES string of the molecule is Cc1cc(C(=O)N(CCC(=O)N2CCC(n3c(=O)[nH]c4ccccc43)CC2)C(C)C)c(C)o1. The molecular formula is C25H32N4O4. The third-order valence-corrected chi connectivity index (χ3v) is 6.53. The van der Waals surface area contributed by atoms with Crippen molar-refractivity contribution in [2.45, 2.75) is 59.0 Å². The maximum absolute atomic E-state index is 13.0. The molecule has 1 fully saturated rings. The number of para-hydroxylation sites is 2. The largest absolute Gasteiger partial charge is 0.466 e. The molecule has 1 aliphatic heterocycles. The molecule has 1 N–H and O–H groups in total. The van der Waals surface area contributed by atoms with E-state index in [0.717, 1.165) is 23.9 Å². The number of benzene rings is 1. The van der Waals surface area contributed by atoms with E-state index in [1.54, 1.807) is 17.9 Å². The number of H-pyrrole nitrogens is 1. The number of fused-ring (bicyclic) bond motifs is 1. The van der Waals surface area contributed by atoms with E-state index in [9.17, 15) is 14.4 Å². The number of carbonyl (C=O) groups is 2. The summed E-state index contributed by atoms with van der Waals surface area (Å²) in [6.07, 6.45) is 1.74. The zero-order valence-electron chi connectivity index (χ0n) is 19.8. The van der Waals surface area contributed by atoms with Crippen molar-refractivity contribution < 1.29 is 14.0 Å². The quantitative estimate of drug-likeness (QED) is 0.618. The number of nitrogens with one attached hydrogen (secondary N) is 1. The van der Waals surface area contributed by atoms with Crippen molar-refractivity contribution in [2.24, 2.45) is 0 Å². The van der Waals surface area contributed by atoms with E-state index in [1.165, 1.54) is 0 Å². The fraction of sp³-hybridized carbons (Fsp3) is 0.480. The molecule has 3 heterocycles. The monoisotopic (exact) mass is 452 g/mol. The molecule has 2 amide bonds. The number of aryl methyl sites for hydroxylation is 2. The summed E-state index contributed by atoms with van der Waals surface area (Å²) in [5, 5.41) is 0. The molecule has 176 valence electrons. The lowest BCUT2D eigenvalue weighted by atomic mass is 10.0. The molecule has 0 spiro atoms. The molecule has 0 atom stereocenters. The minimum absolute atomic E-state index is 0.0283. The number of hydrogen-bond donors (Lipinski definition) is 1. The summed E-state index contributed by atoms with van der Waals surface area (Å²) in [6, 6.07) is 9.49. The second-order valence-electron chi connectivity index (χ2n) is 9.10. The van der Waals surface area contributed by atoms with Crippen LogP contribution in [0.1, 0.15) is 61.0 Å². The smallest absolute Gasteiger partial charge is 0.326 e. The van der Waals surface area contributed by atoms with E-state index in [-0.39, 0.29) is 36.0 Å². The van der Waals surface area contributed by atoms with Gasteiger partial charge in [0.1, 0.15) is 11.5 Å². The van der Waals surface area contributed by atoms with Gasteiger partial charge in [-0.25, -0.2) is 4.79 Å². The van der Waals surface area contributed by atoms with E-state index in [4.69, 9.17) is 4.42 Å². The molecule has 33 heavy (non-hydrogen) atoms. The molecule has 0 unspecified atom stereocenters. The topological polar surface area (TPSA) is 91.5 Å². The molecule has 8 heteroatoms. The first-order valence-electron chi connectivity index (χ1n) is 11.6. The minimum atomic E-state index is -0.107.